The van der Waals surface area contributed by atoms with E-state index in [9.17, 15) is 35.9 Å². The van der Waals surface area contributed by atoms with Gasteiger partial charge in [-0.15, -0.1) is 0 Å². The maximum absolute atomic E-state index is 13.8. The van der Waals surface area contributed by atoms with Crippen molar-refractivity contribution in [1.29, 1.82) is 0 Å². The van der Waals surface area contributed by atoms with Gasteiger partial charge in [-0.25, -0.2) is 14.5 Å². The van der Waals surface area contributed by atoms with Crippen molar-refractivity contribution >= 4 is 17.7 Å². The summed E-state index contributed by atoms with van der Waals surface area (Å²) in [4.78, 5) is 29.6. The summed E-state index contributed by atoms with van der Waals surface area (Å²) in [5.41, 5.74) is -3.14. The van der Waals surface area contributed by atoms with Crippen molar-refractivity contribution in [2.45, 2.75) is 38.4 Å². The zero-order valence-corrected chi connectivity index (χ0v) is 19.1. The van der Waals surface area contributed by atoms with Gasteiger partial charge in [-0.05, 0) is 36.8 Å². The highest BCUT2D eigenvalue weighted by atomic mass is 19.4. The molecule has 2 aromatic heterocycles. The first-order chi connectivity index (χ1) is 17.3. The zero-order valence-electron chi connectivity index (χ0n) is 19.1. The Morgan fingerprint density at radius 3 is 2.41 bits per heavy atom. The van der Waals surface area contributed by atoms with Crippen molar-refractivity contribution in [3.05, 3.63) is 76.2 Å². The Balaban J connectivity index is 1.67. The van der Waals surface area contributed by atoms with Crippen LogP contribution in [-0.2, 0) is 25.4 Å². The molecule has 37 heavy (non-hydrogen) atoms. The molecule has 1 amide bonds. The van der Waals surface area contributed by atoms with E-state index < -0.39 is 47.1 Å². The molecular weight excluding hydrogens is 508 g/mol. The highest BCUT2D eigenvalue weighted by molar-refractivity contribution is 6.01. The van der Waals surface area contributed by atoms with Crippen molar-refractivity contribution < 1.29 is 41.0 Å². The van der Waals surface area contributed by atoms with Crippen LogP contribution in [0.25, 0.3) is 0 Å². The van der Waals surface area contributed by atoms with Gasteiger partial charge < -0.3 is 15.3 Å². The average Bonchev–Trinajstić information content (AvgIpc) is 3.39. The Morgan fingerprint density at radius 1 is 1.05 bits per heavy atom. The minimum absolute atomic E-state index is 0.0115. The number of carboxylic acids is 1. The predicted molar refractivity (Wildman–Crippen MR) is 117 cm³/mol. The van der Waals surface area contributed by atoms with Crippen molar-refractivity contribution in [2.75, 3.05) is 11.4 Å². The molecule has 1 aromatic carbocycles. The lowest BCUT2D eigenvalue weighted by molar-refractivity contribution is -0.142. The van der Waals surface area contributed by atoms with Gasteiger partial charge >= 0.3 is 18.3 Å². The number of pyridine rings is 1. The van der Waals surface area contributed by atoms with Gasteiger partial charge in [0, 0.05) is 13.1 Å². The molecule has 2 N–H and O–H groups in total. The summed E-state index contributed by atoms with van der Waals surface area (Å²) in [7, 11) is 0. The number of benzene rings is 1. The molecule has 0 spiro atoms. The number of carbonyl (C=O) groups is 2. The lowest BCUT2D eigenvalue weighted by Gasteiger charge is -2.21. The van der Waals surface area contributed by atoms with Crippen molar-refractivity contribution in [1.82, 2.24) is 20.1 Å². The number of anilines is 1. The first kappa shape index (κ1) is 26.0. The highest BCUT2D eigenvalue weighted by Crippen LogP contribution is 2.39. The number of amides is 1. The molecule has 3 aromatic rings. The molecule has 4 rings (SSSR count). The number of aromatic nitrogens is 3. The van der Waals surface area contributed by atoms with Crippen LogP contribution in [0.1, 0.15) is 56.3 Å². The molecule has 1 aliphatic rings. The van der Waals surface area contributed by atoms with Gasteiger partial charge in [-0.1, -0.05) is 18.2 Å². The number of hydrogen-bond acceptors (Lipinski definition) is 5. The van der Waals surface area contributed by atoms with Gasteiger partial charge in [0.1, 0.15) is 17.1 Å². The molecule has 0 saturated heterocycles. The first-order valence-electron chi connectivity index (χ1n) is 10.9. The van der Waals surface area contributed by atoms with Crippen LogP contribution in [0, 0.1) is 0 Å². The summed E-state index contributed by atoms with van der Waals surface area (Å²) in [5.74, 6) is -2.64. The molecule has 1 aliphatic heterocycles. The first-order valence-corrected chi connectivity index (χ1v) is 10.9. The van der Waals surface area contributed by atoms with E-state index in [0.717, 1.165) is 16.8 Å². The molecule has 14 heteroatoms. The summed E-state index contributed by atoms with van der Waals surface area (Å²) in [6.07, 6.45) is -9.59. The van der Waals surface area contributed by atoms with E-state index in [2.05, 4.69) is 15.4 Å². The van der Waals surface area contributed by atoms with Crippen LogP contribution in [0.3, 0.4) is 0 Å². The van der Waals surface area contributed by atoms with Gasteiger partial charge in [-0.3, -0.25) is 4.79 Å². The quantitative estimate of drug-likeness (QED) is 0.457. The normalized spacial score (nSPS) is 14.4. The summed E-state index contributed by atoms with van der Waals surface area (Å²) in [5, 5.41) is 15.1. The van der Waals surface area contributed by atoms with Crippen LogP contribution in [0.4, 0.5) is 32.2 Å². The van der Waals surface area contributed by atoms with Crippen molar-refractivity contribution in [3.8, 4) is 0 Å². The fourth-order valence-corrected chi connectivity index (χ4v) is 4.03. The van der Waals surface area contributed by atoms with Crippen LogP contribution in [0.15, 0.2) is 42.5 Å². The maximum atomic E-state index is 13.8. The number of fused-ring (bicyclic) bond motifs is 1. The third-order valence-corrected chi connectivity index (χ3v) is 5.71. The summed E-state index contributed by atoms with van der Waals surface area (Å²) in [6.45, 7) is 1.34. The van der Waals surface area contributed by atoms with Gasteiger partial charge in [0.2, 0.25) is 0 Å². The minimum Gasteiger partial charge on any atom is -0.477 e. The van der Waals surface area contributed by atoms with E-state index in [1.807, 2.05) is 0 Å². The zero-order chi connectivity index (χ0) is 27.1. The highest BCUT2D eigenvalue weighted by Gasteiger charge is 2.44. The lowest BCUT2D eigenvalue weighted by atomic mass is 10.1. The number of aromatic carboxylic acids is 1. The number of rotatable bonds is 6. The third kappa shape index (κ3) is 5.37. The Bertz CT molecular complexity index is 1350. The number of nitrogens with zero attached hydrogens (tertiary/aromatic N) is 4. The molecule has 3 heterocycles. The van der Waals surface area contributed by atoms with Crippen LogP contribution in [0.5, 0.6) is 0 Å². The Kier molecular flexibility index (Phi) is 6.60. The van der Waals surface area contributed by atoms with E-state index in [4.69, 9.17) is 5.11 Å². The Morgan fingerprint density at radius 2 is 1.76 bits per heavy atom. The fraction of sp³-hybridized carbons (Fsp3) is 0.304. The number of alkyl halides is 6. The largest absolute Gasteiger partial charge is 0.477 e. The summed E-state index contributed by atoms with van der Waals surface area (Å²) < 4.78 is 81.8. The second-order valence-corrected chi connectivity index (χ2v) is 8.34. The van der Waals surface area contributed by atoms with Crippen LogP contribution in [-0.4, -0.2) is 38.3 Å². The molecule has 196 valence electrons. The maximum Gasteiger partial charge on any atom is 0.436 e. The van der Waals surface area contributed by atoms with E-state index in [-0.39, 0.29) is 42.4 Å². The van der Waals surface area contributed by atoms with Crippen LogP contribution >= 0.6 is 0 Å². The lowest BCUT2D eigenvalue weighted by Crippen LogP contribution is -2.31. The van der Waals surface area contributed by atoms with E-state index in [1.54, 1.807) is 0 Å². The third-order valence-electron chi connectivity index (χ3n) is 5.71. The molecule has 8 nitrogen and oxygen atoms in total. The number of carboxylic acid groups (broad SMARTS) is 1. The van der Waals surface area contributed by atoms with Gasteiger partial charge in [0.05, 0.1) is 23.8 Å². The van der Waals surface area contributed by atoms with Gasteiger partial charge in [0.25, 0.3) is 5.91 Å². The topological polar surface area (TPSA) is 100 Å². The number of carbonyl (C=O) groups excluding carboxylic acids is 1. The van der Waals surface area contributed by atoms with E-state index in [0.29, 0.717) is 0 Å². The fourth-order valence-electron chi connectivity index (χ4n) is 4.03. The minimum atomic E-state index is -4.99. The monoisotopic (exact) mass is 527 g/mol. The van der Waals surface area contributed by atoms with Gasteiger partial charge in [0.15, 0.2) is 5.69 Å². The second-order valence-electron chi connectivity index (χ2n) is 8.34. The molecule has 0 aliphatic carbocycles. The van der Waals surface area contributed by atoms with E-state index in [1.165, 1.54) is 42.2 Å². The number of halogens is 6. The molecule has 0 radical (unpaired) electrons. The predicted octanol–water partition coefficient (Wildman–Crippen LogP) is 4.53. The van der Waals surface area contributed by atoms with Crippen molar-refractivity contribution in [2.24, 2.45) is 0 Å². The van der Waals surface area contributed by atoms with Crippen LogP contribution in [0.2, 0.25) is 0 Å². The number of nitrogens with one attached hydrogen (secondary N) is 1. The van der Waals surface area contributed by atoms with Gasteiger partial charge in [-0.2, -0.15) is 31.4 Å². The molecular formula is C23H19F6N5O3. The van der Waals surface area contributed by atoms with Crippen molar-refractivity contribution in [3.63, 3.8) is 0 Å². The molecule has 1 atom stereocenters. The van der Waals surface area contributed by atoms with Crippen LogP contribution < -0.4 is 10.2 Å². The van der Waals surface area contributed by atoms with E-state index >= 15 is 0 Å². The molecule has 0 saturated carbocycles. The molecule has 0 bridgehead atoms. The number of hydrogen-bond donors (Lipinski definition) is 2. The molecule has 1 unspecified atom stereocenters. The Labute approximate surface area is 205 Å². The average molecular weight is 527 g/mol. The molecule has 0 fully saturated rings. The standard InChI is InChI=1S/C23H19F6N5O3/c1-12(15-6-3-7-16(31-15)21(36)37)30-19(35)17-18(23(27,28)29)32-34-9-8-33(20(17)34)11-13-4-2-5-14(10-13)22(24,25)26/h2-7,10,12H,8-9,11H2,1H3,(H,30,35)(H,36,37). The SMILES string of the molecule is CC(NC(=O)c1c(C(F)(F)F)nn2c1N(Cc1cccc(C(F)(F)F)c1)CC2)c1cccc(C(=O)O)n1. The summed E-state index contributed by atoms with van der Waals surface area (Å²) in [6, 6.07) is 7.41. The Hall–Kier alpha value is -4.10. The second kappa shape index (κ2) is 9.41. The smallest absolute Gasteiger partial charge is 0.436 e. The summed E-state index contributed by atoms with van der Waals surface area (Å²) >= 11 is 0.